The molecule has 2 N–H and O–H groups in total. The fraction of sp³-hybridized carbons (Fsp3) is 0.500. The van der Waals surface area contributed by atoms with E-state index < -0.39 is 5.97 Å². The molecular weight excluding hydrogens is 362 g/mol. The van der Waals surface area contributed by atoms with Gasteiger partial charge in [-0.3, -0.25) is 4.90 Å². The molecule has 28 heavy (non-hydrogen) atoms. The Morgan fingerprint density at radius 1 is 1.18 bits per heavy atom. The van der Waals surface area contributed by atoms with Gasteiger partial charge >= 0.3 is 12.0 Å². The molecule has 1 unspecified atom stereocenters. The van der Waals surface area contributed by atoms with Crippen LogP contribution in [0.1, 0.15) is 25.8 Å². The van der Waals surface area contributed by atoms with Gasteiger partial charge in [-0.2, -0.15) is 0 Å². The maximum absolute atomic E-state index is 12.5. The van der Waals surface area contributed by atoms with Crippen molar-refractivity contribution in [3.63, 3.8) is 0 Å². The number of carbonyl (C=O) groups is 2. The molecule has 0 aromatic heterocycles. The van der Waals surface area contributed by atoms with E-state index in [1.807, 2.05) is 37.1 Å². The van der Waals surface area contributed by atoms with Gasteiger partial charge in [-0.1, -0.05) is 13.0 Å². The monoisotopic (exact) mass is 391 g/mol. The number of likely N-dealkylation sites (N-methyl/N-ethyl adjacent to an activating group) is 1. The number of nitrogens with zero attached hydrogens (tertiary/aromatic N) is 1. The predicted octanol–water partition coefficient (Wildman–Crippen LogP) is 2.04. The number of esters is 1. The lowest BCUT2D eigenvalue weighted by molar-refractivity contribution is -0.139. The average Bonchev–Trinajstić information content (AvgIpc) is 2.67. The van der Waals surface area contributed by atoms with E-state index in [9.17, 15) is 9.59 Å². The molecule has 0 radical (unpaired) electrons. The molecule has 1 aromatic carbocycles. The number of hydrogen-bond donors (Lipinski definition) is 2. The maximum atomic E-state index is 12.5. The van der Waals surface area contributed by atoms with Gasteiger partial charge in [0.25, 0.3) is 0 Å². The molecule has 0 fully saturated rings. The van der Waals surface area contributed by atoms with Crippen LogP contribution in [-0.4, -0.2) is 57.4 Å². The van der Waals surface area contributed by atoms with E-state index in [0.29, 0.717) is 42.3 Å². The highest BCUT2D eigenvalue weighted by Gasteiger charge is 2.31. The van der Waals surface area contributed by atoms with Gasteiger partial charge in [-0.15, -0.1) is 0 Å². The van der Waals surface area contributed by atoms with Crippen LogP contribution in [0.4, 0.5) is 4.79 Å². The number of benzene rings is 1. The summed E-state index contributed by atoms with van der Waals surface area (Å²) in [6.45, 7) is 4.90. The first-order valence-corrected chi connectivity index (χ1v) is 9.30. The topological polar surface area (TPSA) is 89.1 Å². The van der Waals surface area contributed by atoms with E-state index >= 15 is 0 Å². The minimum absolute atomic E-state index is 0.277. The Bertz CT molecular complexity index is 747. The lowest BCUT2D eigenvalue weighted by Gasteiger charge is -2.30. The molecule has 0 bridgehead atoms. The molecule has 2 rings (SSSR count). The summed E-state index contributed by atoms with van der Waals surface area (Å²) in [4.78, 5) is 26.5. The van der Waals surface area contributed by atoms with Gasteiger partial charge in [0.05, 0.1) is 32.4 Å². The molecule has 0 saturated heterocycles. The molecular formula is C20H29N3O5. The van der Waals surface area contributed by atoms with Crippen molar-refractivity contribution in [2.24, 2.45) is 0 Å². The van der Waals surface area contributed by atoms with Crippen molar-refractivity contribution in [3.8, 4) is 11.5 Å². The van der Waals surface area contributed by atoms with Crippen LogP contribution in [0, 0.1) is 0 Å². The third-order valence-corrected chi connectivity index (χ3v) is 4.51. The highest BCUT2D eigenvalue weighted by Crippen LogP contribution is 2.26. The van der Waals surface area contributed by atoms with E-state index in [2.05, 4.69) is 10.6 Å². The van der Waals surface area contributed by atoms with Crippen molar-refractivity contribution in [1.82, 2.24) is 15.5 Å². The van der Waals surface area contributed by atoms with Crippen LogP contribution in [0.15, 0.2) is 29.5 Å². The largest absolute Gasteiger partial charge is 0.497 e. The SMILES string of the molecule is CCOC(=O)C1=C(CN(C)Cc2ccc(OC)cc2OC)NC(=O)NC1CC. The number of hydrogen-bond acceptors (Lipinski definition) is 6. The average molecular weight is 391 g/mol. The molecule has 1 atom stereocenters. The van der Waals surface area contributed by atoms with Crippen LogP contribution in [0.3, 0.4) is 0 Å². The predicted molar refractivity (Wildman–Crippen MR) is 105 cm³/mol. The van der Waals surface area contributed by atoms with Gasteiger partial charge in [-0.25, -0.2) is 9.59 Å². The Morgan fingerprint density at radius 2 is 1.93 bits per heavy atom. The van der Waals surface area contributed by atoms with Crippen LogP contribution < -0.4 is 20.1 Å². The summed E-state index contributed by atoms with van der Waals surface area (Å²) in [5.41, 5.74) is 2.00. The lowest BCUT2D eigenvalue weighted by atomic mass is 10.00. The van der Waals surface area contributed by atoms with E-state index in [0.717, 1.165) is 5.56 Å². The highest BCUT2D eigenvalue weighted by molar-refractivity contribution is 5.94. The second kappa shape index (κ2) is 9.98. The van der Waals surface area contributed by atoms with Gasteiger partial charge < -0.3 is 24.8 Å². The molecule has 8 heteroatoms. The number of urea groups is 1. The van der Waals surface area contributed by atoms with Crippen LogP contribution in [0.5, 0.6) is 11.5 Å². The molecule has 8 nitrogen and oxygen atoms in total. The number of ether oxygens (including phenoxy) is 3. The Morgan fingerprint density at radius 3 is 2.54 bits per heavy atom. The van der Waals surface area contributed by atoms with Crippen molar-refractivity contribution < 1.29 is 23.8 Å². The van der Waals surface area contributed by atoms with E-state index in [1.54, 1.807) is 21.1 Å². The minimum atomic E-state index is -0.410. The Kier molecular flexibility index (Phi) is 7.69. The van der Waals surface area contributed by atoms with Crippen molar-refractivity contribution >= 4 is 12.0 Å². The van der Waals surface area contributed by atoms with Crippen molar-refractivity contribution in [3.05, 3.63) is 35.0 Å². The Balaban J connectivity index is 2.24. The molecule has 0 saturated carbocycles. The second-order valence-corrected chi connectivity index (χ2v) is 6.52. The fourth-order valence-electron chi connectivity index (χ4n) is 3.19. The smallest absolute Gasteiger partial charge is 0.337 e. The van der Waals surface area contributed by atoms with Gasteiger partial charge in [-0.05, 0) is 26.5 Å². The lowest BCUT2D eigenvalue weighted by Crippen LogP contribution is -2.51. The van der Waals surface area contributed by atoms with Crippen molar-refractivity contribution in [1.29, 1.82) is 0 Å². The number of amides is 2. The molecule has 0 spiro atoms. The number of methoxy groups -OCH3 is 2. The summed E-state index contributed by atoms with van der Waals surface area (Å²) < 4.78 is 15.9. The van der Waals surface area contributed by atoms with Gasteiger partial charge in [0, 0.05) is 30.4 Å². The zero-order chi connectivity index (χ0) is 20.7. The van der Waals surface area contributed by atoms with Gasteiger partial charge in [0.2, 0.25) is 0 Å². The number of rotatable bonds is 9. The molecule has 2 amide bonds. The molecule has 154 valence electrons. The van der Waals surface area contributed by atoms with Gasteiger partial charge in [0.1, 0.15) is 11.5 Å². The zero-order valence-electron chi connectivity index (χ0n) is 17.1. The number of nitrogens with one attached hydrogen (secondary N) is 2. The minimum Gasteiger partial charge on any atom is -0.497 e. The van der Waals surface area contributed by atoms with Crippen LogP contribution in [0.2, 0.25) is 0 Å². The third kappa shape index (κ3) is 5.16. The van der Waals surface area contributed by atoms with Crippen molar-refractivity contribution in [2.45, 2.75) is 32.9 Å². The molecule has 1 aromatic rings. The van der Waals surface area contributed by atoms with Gasteiger partial charge in [0.15, 0.2) is 0 Å². The normalized spacial score (nSPS) is 16.5. The van der Waals surface area contributed by atoms with Crippen LogP contribution in [-0.2, 0) is 16.1 Å². The van der Waals surface area contributed by atoms with E-state index in [-0.39, 0.29) is 18.7 Å². The summed E-state index contributed by atoms with van der Waals surface area (Å²) >= 11 is 0. The third-order valence-electron chi connectivity index (χ3n) is 4.51. The van der Waals surface area contributed by atoms with Crippen LogP contribution >= 0.6 is 0 Å². The molecule has 1 heterocycles. The number of carbonyl (C=O) groups excluding carboxylic acids is 2. The van der Waals surface area contributed by atoms with Crippen LogP contribution in [0.25, 0.3) is 0 Å². The Hall–Kier alpha value is -2.74. The zero-order valence-corrected chi connectivity index (χ0v) is 17.1. The summed E-state index contributed by atoms with van der Waals surface area (Å²) in [7, 11) is 5.13. The first-order valence-electron chi connectivity index (χ1n) is 9.30. The quantitative estimate of drug-likeness (QED) is 0.627. The van der Waals surface area contributed by atoms with E-state index in [1.165, 1.54) is 0 Å². The summed E-state index contributed by atoms with van der Waals surface area (Å²) in [6, 6.07) is 4.95. The Labute approximate surface area is 165 Å². The first-order chi connectivity index (χ1) is 13.4. The summed E-state index contributed by atoms with van der Waals surface area (Å²) in [5.74, 6) is 1.02. The molecule has 0 aliphatic carbocycles. The highest BCUT2D eigenvalue weighted by atomic mass is 16.5. The fourth-order valence-corrected chi connectivity index (χ4v) is 3.19. The first kappa shape index (κ1) is 21.6. The molecule has 1 aliphatic heterocycles. The van der Waals surface area contributed by atoms with Crippen molar-refractivity contribution in [2.75, 3.05) is 34.4 Å². The maximum Gasteiger partial charge on any atom is 0.337 e. The standard InChI is InChI=1S/C20H29N3O5/c1-6-15-18(19(24)28-7-2)16(22-20(25)21-15)12-23(3)11-13-8-9-14(26-4)10-17(13)27-5/h8-10,15H,6-7,11-12H2,1-5H3,(H2,21,22,25). The summed E-state index contributed by atoms with van der Waals surface area (Å²) in [5, 5.41) is 5.55. The van der Waals surface area contributed by atoms with E-state index in [4.69, 9.17) is 14.2 Å². The second-order valence-electron chi connectivity index (χ2n) is 6.52. The molecule has 1 aliphatic rings. The summed E-state index contributed by atoms with van der Waals surface area (Å²) in [6.07, 6.45) is 0.598.